The largest absolute Gasteiger partial charge is 0.383 e. The minimum Gasteiger partial charge on any atom is -0.383 e. The lowest BCUT2D eigenvalue weighted by Crippen LogP contribution is -2.38. The summed E-state index contributed by atoms with van der Waals surface area (Å²) in [5.74, 6) is 1.10. The Kier molecular flexibility index (Phi) is 5.39. The van der Waals surface area contributed by atoms with Gasteiger partial charge in [-0.25, -0.2) is 0 Å². The molecule has 0 saturated heterocycles. The van der Waals surface area contributed by atoms with E-state index in [4.69, 9.17) is 4.74 Å². The Hall–Kier alpha value is -2.03. The fourth-order valence-corrected chi connectivity index (χ4v) is 3.89. The number of ether oxygens (including phenoxy) is 1. The maximum Gasteiger partial charge on any atom is 0.107 e. The summed E-state index contributed by atoms with van der Waals surface area (Å²) in [6.45, 7) is 3.93. The van der Waals surface area contributed by atoms with Gasteiger partial charge in [-0.15, -0.1) is 0 Å². The number of benzene rings is 1. The van der Waals surface area contributed by atoms with Crippen LogP contribution in [0.4, 0.5) is 0 Å². The van der Waals surface area contributed by atoms with Gasteiger partial charge in [0.25, 0.3) is 0 Å². The standard InChI is InChI=1S/C19H24N4O/c1-13-9-15(11-16(10-13)21-7-8-24-2)17-4-3-14(12-20)18-19(17)23-6-5-22-18/h3-6,13,15-16,21H,7-11H2,1-2H3/t13?,15-,16+/m0/s1. The minimum absolute atomic E-state index is 0.445. The van der Waals surface area contributed by atoms with Crippen molar-refractivity contribution in [1.82, 2.24) is 15.3 Å². The molecule has 1 fully saturated rings. The zero-order valence-corrected chi connectivity index (χ0v) is 14.3. The summed E-state index contributed by atoms with van der Waals surface area (Å²) in [5.41, 5.74) is 3.42. The van der Waals surface area contributed by atoms with Gasteiger partial charge in [-0.3, -0.25) is 9.97 Å². The third kappa shape index (κ3) is 3.55. The average Bonchev–Trinajstić information content (AvgIpc) is 2.60. The van der Waals surface area contributed by atoms with Crippen LogP contribution in [0, 0.1) is 17.2 Å². The van der Waals surface area contributed by atoms with Crippen LogP contribution in [-0.4, -0.2) is 36.3 Å². The van der Waals surface area contributed by atoms with Crippen molar-refractivity contribution in [1.29, 1.82) is 5.26 Å². The molecule has 3 atom stereocenters. The molecule has 126 valence electrons. The lowest BCUT2D eigenvalue weighted by Gasteiger charge is -2.34. The predicted molar refractivity (Wildman–Crippen MR) is 93.7 cm³/mol. The lowest BCUT2D eigenvalue weighted by molar-refractivity contribution is 0.185. The first-order valence-corrected chi connectivity index (χ1v) is 8.59. The fraction of sp³-hybridized carbons (Fsp3) is 0.526. The molecule has 1 heterocycles. The molecule has 1 saturated carbocycles. The molecule has 2 aromatic rings. The first-order valence-electron chi connectivity index (χ1n) is 8.59. The highest BCUT2D eigenvalue weighted by molar-refractivity contribution is 5.83. The number of fused-ring (bicyclic) bond motifs is 1. The number of methoxy groups -OCH3 is 1. The van der Waals surface area contributed by atoms with E-state index in [1.165, 1.54) is 12.0 Å². The number of hydrogen-bond acceptors (Lipinski definition) is 5. The Morgan fingerprint density at radius 3 is 2.75 bits per heavy atom. The first kappa shape index (κ1) is 16.8. The second kappa shape index (κ2) is 7.69. The van der Waals surface area contributed by atoms with Crippen LogP contribution in [0.15, 0.2) is 24.5 Å². The fourth-order valence-electron chi connectivity index (χ4n) is 3.89. The highest BCUT2D eigenvalue weighted by atomic mass is 16.5. The molecule has 1 aliphatic carbocycles. The van der Waals surface area contributed by atoms with Crippen LogP contribution < -0.4 is 5.32 Å². The summed E-state index contributed by atoms with van der Waals surface area (Å²) >= 11 is 0. The van der Waals surface area contributed by atoms with Crippen molar-refractivity contribution in [3.8, 4) is 6.07 Å². The van der Waals surface area contributed by atoms with Crippen LogP contribution in [0.5, 0.6) is 0 Å². The molecule has 0 amide bonds. The molecule has 0 spiro atoms. The number of rotatable bonds is 5. The van der Waals surface area contributed by atoms with Gasteiger partial charge in [0.05, 0.1) is 17.7 Å². The summed E-state index contributed by atoms with van der Waals surface area (Å²) in [5, 5.41) is 12.9. The quantitative estimate of drug-likeness (QED) is 0.856. The molecule has 1 aliphatic rings. The van der Waals surface area contributed by atoms with E-state index in [1.807, 2.05) is 6.07 Å². The maximum atomic E-state index is 9.30. The smallest absolute Gasteiger partial charge is 0.107 e. The van der Waals surface area contributed by atoms with Crippen molar-refractivity contribution in [2.75, 3.05) is 20.3 Å². The second-order valence-electron chi connectivity index (χ2n) is 6.72. The molecule has 5 heteroatoms. The summed E-state index contributed by atoms with van der Waals surface area (Å²) in [6, 6.07) is 6.68. The van der Waals surface area contributed by atoms with Crippen LogP contribution in [-0.2, 0) is 4.74 Å². The molecule has 0 bridgehead atoms. The Balaban J connectivity index is 1.88. The average molecular weight is 324 g/mol. The maximum absolute atomic E-state index is 9.30. The van der Waals surface area contributed by atoms with E-state index in [0.29, 0.717) is 23.4 Å². The van der Waals surface area contributed by atoms with Crippen LogP contribution in [0.25, 0.3) is 11.0 Å². The third-order valence-electron chi connectivity index (χ3n) is 4.90. The Labute approximate surface area is 143 Å². The molecule has 1 unspecified atom stereocenters. The molecule has 1 aromatic heterocycles. The van der Waals surface area contributed by atoms with Gasteiger partial charge in [0, 0.05) is 32.1 Å². The van der Waals surface area contributed by atoms with Gasteiger partial charge < -0.3 is 10.1 Å². The Bertz CT molecular complexity index is 740. The van der Waals surface area contributed by atoms with Crippen molar-refractivity contribution in [3.63, 3.8) is 0 Å². The molecule has 24 heavy (non-hydrogen) atoms. The molecular weight excluding hydrogens is 300 g/mol. The number of nitrogens with zero attached hydrogens (tertiary/aromatic N) is 3. The predicted octanol–water partition coefficient (Wildman–Crippen LogP) is 3.01. The van der Waals surface area contributed by atoms with E-state index < -0.39 is 0 Å². The third-order valence-corrected chi connectivity index (χ3v) is 4.90. The summed E-state index contributed by atoms with van der Waals surface area (Å²) in [7, 11) is 1.73. The van der Waals surface area contributed by atoms with Crippen LogP contribution >= 0.6 is 0 Å². The van der Waals surface area contributed by atoms with Gasteiger partial charge in [0.15, 0.2) is 0 Å². The van der Waals surface area contributed by atoms with E-state index in [-0.39, 0.29) is 0 Å². The van der Waals surface area contributed by atoms with E-state index in [2.05, 4.69) is 34.3 Å². The molecule has 3 rings (SSSR count). The van der Waals surface area contributed by atoms with Gasteiger partial charge in [-0.1, -0.05) is 13.0 Å². The van der Waals surface area contributed by atoms with Gasteiger partial charge in [-0.2, -0.15) is 5.26 Å². The van der Waals surface area contributed by atoms with E-state index in [9.17, 15) is 5.26 Å². The number of hydrogen-bond donors (Lipinski definition) is 1. The van der Waals surface area contributed by atoms with Gasteiger partial charge in [0.1, 0.15) is 11.6 Å². The van der Waals surface area contributed by atoms with Gasteiger partial charge in [-0.05, 0) is 42.7 Å². The molecule has 0 radical (unpaired) electrons. The van der Waals surface area contributed by atoms with Crippen LogP contribution in [0.2, 0.25) is 0 Å². The van der Waals surface area contributed by atoms with Crippen molar-refractivity contribution < 1.29 is 4.74 Å². The highest BCUT2D eigenvalue weighted by Gasteiger charge is 2.29. The number of nitriles is 1. The van der Waals surface area contributed by atoms with Gasteiger partial charge >= 0.3 is 0 Å². The second-order valence-corrected chi connectivity index (χ2v) is 6.72. The Morgan fingerprint density at radius 1 is 1.21 bits per heavy atom. The zero-order chi connectivity index (χ0) is 16.9. The summed E-state index contributed by atoms with van der Waals surface area (Å²) < 4.78 is 5.14. The van der Waals surface area contributed by atoms with E-state index in [1.54, 1.807) is 19.5 Å². The summed E-state index contributed by atoms with van der Waals surface area (Å²) in [4.78, 5) is 8.93. The van der Waals surface area contributed by atoms with Crippen molar-refractivity contribution >= 4 is 11.0 Å². The number of nitrogens with one attached hydrogen (secondary N) is 1. The molecule has 1 aromatic carbocycles. The molecule has 1 N–H and O–H groups in total. The zero-order valence-electron chi connectivity index (χ0n) is 14.3. The monoisotopic (exact) mass is 324 g/mol. The SMILES string of the molecule is COCCN[C@@H]1CC(C)C[C@H](c2ccc(C#N)c3nccnc23)C1. The molecular formula is C19H24N4O. The van der Waals surface area contributed by atoms with Crippen molar-refractivity contribution in [2.24, 2.45) is 5.92 Å². The number of aromatic nitrogens is 2. The first-order chi connectivity index (χ1) is 11.7. The topological polar surface area (TPSA) is 70.8 Å². The Morgan fingerprint density at radius 2 is 2.00 bits per heavy atom. The molecule has 0 aliphatic heterocycles. The minimum atomic E-state index is 0.445. The normalized spacial score (nSPS) is 24.0. The van der Waals surface area contributed by atoms with Crippen molar-refractivity contribution in [2.45, 2.75) is 38.1 Å². The van der Waals surface area contributed by atoms with Crippen LogP contribution in [0.3, 0.4) is 0 Å². The highest BCUT2D eigenvalue weighted by Crippen LogP contribution is 2.38. The van der Waals surface area contributed by atoms with Crippen molar-refractivity contribution in [3.05, 3.63) is 35.7 Å². The van der Waals surface area contributed by atoms with E-state index in [0.717, 1.165) is 37.0 Å². The van der Waals surface area contributed by atoms with E-state index >= 15 is 0 Å². The summed E-state index contributed by atoms with van der Waals surface area (Å²) in [6.07, 6.45) is 6.81. The molecule has 5 nitrogen and oxygen atoms in total. The van der Waals surface area contributed by atoms with Crippen LogP contribution in [0.1, 0.15) is 43.2 Å². The lowest BCUT2D eigenvalue weighted by atomic mass is 9.75. The van der Waals surface area contributed by atoms with Gasteiger partial charge in [0.2, 0.25) is 0 Å².